The highest BCUT2D eigenvalue weighted by molar-refractivity contribution is 7.89. The van der Waals surface area contributed by atoms with Gasteiger partial charge in [-0.2, -0.15) is 0 Å². The van der Waals surface area contributed by atoms with E-state index in [0.29, 0.717) is 16.8 Å². The van der Waals surface area contributed by atoms with Crippen LogP contribution in [0.1, 0.15) is 39.4 Å². The van der Waals surface area contributed by atoms with Gasteiger partial charge in [0.25, 0.3) is 11.8 Å². The largest absolute Gasteiger partial charge is 0.459 e. The third-order valence-corrected chi connectivity index (χ3v) is 5.62. The molecule has 1 aromatic heterocycles. The summed E-state index contributed by atoms with van der Waals surface area (Å²) in [6, 6.07) is 15.4. The van der Waals surface area contributed by atoms with Gasteiger partial charge in [-0.3, -0.25) is 9.59 Å². The normalized spacial score (nSPS) is 12.2. The van der Waals surface area contributed by atoms with Gasteiger partial charge in [0.2, 0.25) is 10.0 Å². The SMILES string of the molecule is CC(c1cccc(S(N)(=O)=O)c1)N(C)C(=O)c1ccc(NC(=O)c2ccco2)cc1. The Bertz CT molecular complexity index is 1160. The second kappa shape index (κ2) is 8.52. The van der Waals surface area contributed by atoms with Crippen LogP contribution in [0.4, 0.5) is 5.69 Å². The zero-order valence-electron chi connectivity index (χ0n) is 16.4. The fourth-order valence-corrected chi connectivity index (χ4v) is 3.42. The van der Waals surface area contributed by atoms with E-state index in [2.05, 4.69) is 5.32 Å². The Kier molecular flexibility index (Phi) is 6.04. The number of furan rings is 1. The minimum Gasteiger partial charge on any atom is -0.459 e. The van der Waals surface area contributed by atoms with Gasteiger partial charge in [-0.15, -0.1) is 0 Å². The molecule has 1 heterocycles. The Morgan fingerprint density at radius 1 is 1.07 bits per heavy atom. The Morgan fingerprint density at radius 2 is 1.77 bits per heavy atom. The van der Waals surface area contributed by atoms with Gasteiger partial charge in [0.15, 0.2) is 5.76 Å². The zero-order chi connectivity index (χ0) is 21.9. The van der Waals surface area contributed by atoms with Crippen LogP contribution >= 0.6 is 0 Å². The number of amides is 2. The van der Waals surface area contributed by atoms with Crippen molar-refractivity contribution >= 4 is 27.5 Å². The molecule has 2 amide bonds. The summed E-state index contributed by atoms with van der Waals surface area (Å²) < 4.78 is 28.2. The second-order valence-corrected chi connectivity index (χ2v) is 8.28. The summed E-state index contributed by atoms with van der Waals surface area (Å²) >= 11 is 0. The van der Waals surface area contributed by atoms with Crippen molar-refractivity contribution in [2.45, 2.75) is 17.9 Å². The lowest BCUT2D eigenvalue weighted by Gasteiger charge is -2.26. The van der Waals surface area contributed by atoms with E-state index >= 15 is 0 Å². The number of primary sulfonamides is 1. The molecule has 2 aromatic carbocycles. The molecule has 0 spiro atoms. The van der Waals surface area contributed by atoms with E-state index in [1.165, 1.54) is 23.3 Å². The molecule has 0 saturated heterocycles. The average molecular weight is 427 g/mol. The van der Waals surface area contributed by atoms with Crippen molar-refractivity contribution < 1.29 is 22.4 Å². The predicted octanol–water partition coefficient (Wildman–Crippen LogP) is 3.01. The van der Waals surface area contributed by atoms with E-state index in [0.717, 1.165) is 0 Å². The van der Waals surface area contributed by atoms with E-state index in [4.69, 9.17) is 9.56 Å². The van der Waals surface area contributed by atoms with Crippen molar-refractivity contribution in [3.05, 3.63) is 83.8 Å². The van der Waals surface area contributed by atoms with Crippen molar-refractivity contribution in [1.82, 2.24) is 4.90 Å². The monoisotopic (exact) mass is 427 g/mol. The quantitative estimate of drug-likeness (QED) is 0.626. The molecule has 0 aliphatic rings. The highest BCUT2D eigenvalue weighted by atomic mass is 32.2. The van der Waals surface area contributed by atoms with E-state index < -0.39 is 16.1 Å². The number of nitrogens with two attached hydrogens (primary N) is 1. The fourth-order valence-electron chi connectivity index (χ4n) is 2.85. The van der Waals surface area contributed by atoms with E-state index in [1.807, 2.05) is 0 Å². The topological polar surface area (TPSA) is 123 Å². The number of carbonyl (C=O) groups is 2. The maximum Gasteiger partial charge on any atom is 0.291 e. The number of hydrogen-bond donors (Lipinski definition) is 2. The lowest BCUT2D eigenvalue weighted by Crippen LogP contribution is -2.29. The molecular weight excluding hydrogens is 406 g/mol. The average Bonchev–Trinajstić information content (AvgIpc) is 3.27. The highest BCUT2D eigenvalue weighted by Crippen LogP contribution is 2.23. The fraction of sp³-hybridized carbons (Fsp3) is 0.143. The Hall–Kier alpha value is -3.43. The number of nitrogens with one attached hydrogen (secondary N) is 1. The minimum absolute atomic E-state index is 0.00986. The Balaban J connectivity index is 1.72. The predicted molar refractivity (Wildman–Crippen MR) is 111 cm³/mol. The van der Waals surface area contributed by atoms with Crippen molar-refractivity contribution in [2.24, 2.45) is 5.14 Å². The van der Waals surface area contributed by atoms with Crippen LogP contribution in [0.15, 0.2) is 76.2 Å². The first-order valence-electron chi connectivity index (χ1n) is 9.01. The summed E-state index contributed by atoms with van der Waals surface area (Å²) in [7, 11) is -2.20. The molecule has 3 rings (SSSR count). The van der Waals surface area contributed by atoms with Gasteiger partial charge in [0, 0.05) is 18.3 Å². The molecule has 0 radical (unpaired) electrons. The molecule has 0 fully saturated rings. The molecule has 0 bridgehead atoms. The molecule has 8 nitrogen and oxygen atoms in total. The second-order valence-electron chi connectivity index (χ2n) is 6.72. The van der Waals surface area contributed by atoms with Crippen LogP contribution in [0.3, 0.4) is 0 Å². The molecular formula is C21H21N3O5S. The summed E-state index contributed by atoms with van der Waals surface area (Å²) in [5.41, 5.74) is 1.58. The number of sulfonamides is 1. The summed E-state index contributed by atoms with van der Waals surface area (Å²) in [4.78, 5) is 26.3. The molecule has 3 N–H and O–H groups in total. The van der Waals surface area contributed by atoms with Crippen LogP contribution in [-0.2, 0) is 10.0 Å². The Morgan fingerprint density at radius 3 is 2.37 bits per heavy atom. The number of anilines is 1. The molecule has 0 saturated carbocycles. The van der Waals surface area contributed by atoms with Crippen LogP contribution in [-0.4, -0.2) is 32.2 Å². The number of benzene rings is 2. The Labute approximate surface area is 174 Å². The molecule has 0 aliphatic carbocycles. The standard InChI is InChI=1S/C21H21N3O5S/c1-14(16-5-3-6-18(13-16)30(22,27)28)24(2)21(26)15-8-10-17(11-9-15)23-20(25)19-7-4-12-29-19/h3-14H,1-2H3,(H,23,25)(H2,22,27,28). The molecule has 9 heteroatoms. The van der Waals surface area contributed by atoms with Gasteiger partial charge in [-0.1, -0.05) is 12.1 Å². The van der Waals surface area contributed by atoms with Gasteiger partial charge < -0.3 is 14.6 Å². The smallest absolute Gasteiger partial charge is 0.291 e. The van der Waals surface area contributed by atoms with Crippen LogP contribution in [0.5, 0.6) is 0 Å². The maximum atomic E-state index is 12.8. The minimum atomic E-state index is -3.83. The van der Waals surface area contributed by atoms with E-state index in [-0.39, 0.29) is 22.5 Å². The van der Waals surface area contributed by atoms with Gasteiger partial charge >= 0.3 is 0 Å². The first kappa shape index (κ1) is 21.3. The molecule has 1 unspecified atom stereocenters. The van der Waals surface area contributed by atoms with Crippen LogP contribution in [0.25, 0.3) is 0 Å². The van der Waals surface area contributed by atoms with Crippen LogP contribution in [0, 0.1) is 0 Å². The molecule has 0 aliphatic heterocycles. The van der Waals surface area contributed by atoms with E-state index in [9.17, 15) is 18.0 Å². The highest BCUT2D eigenvalue weighted by Gasteiger charge is 2.20. The van der Waals surface area contributed by atoms with Crippen LogP contribution in [0.2, 0.25) is 0 Å². The van der Waals surface area contributed by atoms with Crippen LogP contribution < -0.4 is 10.5 Å². The van der Waals surface area contributed by atoms with Crippen molar-refractivity contribution in [1.29, 1.82) is 0 Å². The van der Waals surface area contributed by atoms with Crippen molar-refractivity contribution in [2.75, 3.05) is 12.4 Å². The van der Waals surface area contributed by atoms with Gasteiger partial charge in [0.1, 0.15) is 0 Å². The number of nitrogens with zero attached hydrogens (tertiary/aromatic N) is 1. The summed E-state index contributed by atoms with van der Waals surface area (Å²) in [5, 5.41) is 7.87. The summed E-state index contributed by atoms with van der Waals surface area (Å²) in [6.07, 6.45) is 1.41. The zero-order valence-corrected chi connectivity index (χ0v) is 17.2. The van der Waals surface area contributed by atoms with Crippen molar-refractivity contribution in [3.63, 3.8) is 0 Å². The number of hydrogen-bond acceptors (Lipinski definition) is 5. The third kappa shape index (κ3) is 4.76. The van der Waals surface area contributed by atoms with E-state index in [1.54, 1.807) is 62.5 Å². The molecule has 1 atom stereocenters. The lowest BCUT2D eigenvalue weighted by atomic mass is 10.1. The van der Waals surface area contributed by atoms with Crippen molar-refractivity contribution in [3.8, 4) is 0 Å². The summed E-state index contributed by atoms with van der Waals surface area (Å²) in [6.45, 7) is 1.79. The lowest BCUT2D eigenvalue weighted by molar-refractivity contribution is 0.0742. The maximum absolute atomic E-state index is 12.8. The number of rotatable bonds is 6. The molecule has 30 heavy (non-hydrogen) atoms. The van der Waals surface area contributed by atoms with Gasteiger partial charge in [0.05, 0.1) is 17.2 Å². The first-order chi connectivity index (χ1) is 14.2. The van der Waals surface area contributed by atoms with Gasteiger partial charge in [-0.05, 0) is 61.0 Å². The van der Waals surface area contributed by atoms with Gasteiger partial charge in [-0.25, -0.2) is 13.6 Å². The third-order valence-electron chi connectivity index (χ3n) is 4.71. The first-order valence-corrected chi connectivity index (χ1v) is 10.6. The number of carbonyl (C=O) groups excluding carboxylic acids is 2. The molecule has 3 aromatic rings. The summed E-state index contributed by atoms with van der Waals surface area (Å²) in [5.74, 6) is -0.461. The molecule has 156 valence electrons.